The molecule has 4 aromatic rings. The van der Waals surface area contributed by atoms with Crippen LogP contribution in [0.25, 0.3) is 22.2 Å². The van der Waals surface area contributed by atoms with Gasteiger partial charge in [0, 0.05) is 36.6 Å². The molecule has 2 amide bonds. The van der Waals surface area contributed by atoms with Crippen LogP contribution in [0.15, 0.2) is 67.5 Å². The second kappa shape index (κ2) is 9.79. The number of aromatic nitrogens is 4. The topological polar surface area (TPSA) is 119 Å². The predicted octanol–water partition coefficient (Wildman–Crippen LogP) is 4.33. The van der Waals surface area contributed by atoms with Crippen LogP contribution in [0.5, 0.6) is 0 Å². The van der Waals surface area contributed by atoms with Crippen LogP contribution in [0.1, 0.15) is 29.2 Å². The molecule has 36 heavy (non-hydrogen) atoms. The Morgan fingerprint density at radius 2 is 2.03 bits per heavy atom. The Hall–Kier alpha value is -4.24. The molecular formula is C26H24ClN7O2. The van der Waals surface area contributed by atoms with E-state index in [1.807, 2.05) is 10.7 Å². The molecule has 182 valence electrons. The third-order valence-corrected chi connectivity index (χ3v) is 6.58. The van der Waals surface area contributed by atoms with Crippen LogP contribution in [0.4, 0.5) is 11.6 Å². The number of piperidine rings is 1. The summed E-state index contributed by atoms with van der Waals surface area (Å²) in [4.78, 5) is 35.1. The molecule has 4 heterocycles. The van der Waals surface area contributed by atoms with Crippen molar-refractivity contribution >= 4 is 46.0 Å². The maximum Gasteiger partial charge on any atom is 0.256 e. The van der Waals surface area contributed by atoms with Gasteiger partial charge in [0.05, 0.1) is 22.0 Å². The number of carbonyl (C=O) groups is 2. The first kappa shape index (κ1) is 23.5. The highest BCUT2D eigenvalue weighted by atomic mass is 35.5. The fourth-order valence-electron chi connectivity index (χ4n) is 4.54. The first-order chi connectivity index (χ1) is 17.5. The van der Waals surface area contributed by atoms with Gasteiger partial charge in [-0.05, 0) is 49.2 Å². The van der Waals surface area contributed by atoms with Crippen molar-refractivity contribution in [1.29, 1.82) is 0 Å². The van der Waals surface area contributed by atoms with Crippen molar-refractivity contribution in [3.8, 4) is 11.3 Å². The molecule has 1 aliphatic rings. The van der Waals surface area contributed by atoms with E-state index >= 15 is 0 Å². The highest BCUT2D eigenvalue weighted by Crippen LogP contribution is 2.37. The van der Waals surface area contributed by atoms with Crippen molar-refractivity contribution in [2.45, 2.75) is 18.9 Å². The third-order valence-electron chi connectivity index (χ3n) is 6.27. The van der Waals surface area contributed by atoms with Gasteiger partial charge >= 0.3 is 0 Å². The molecule has 5 rings (SSSR count). The zero-order valence-corrected chi connectivity index (χ0v) is 20.2. The summed E-state index contributed by atoms with van der Waals surface area (Å²) >= 11 is 6.67. The fraction of sp³-hybridized carbons (Fsp3) is 0.192. The summed E-state index contributed by atoms with van der Waals surface area (Å²) in [7, 11) is 0. The van der Waals surface area contributed by atoms with Crippen LogP contribution in [0, 0.1) is 0 Å². The minimum atomic E-state index is -0.326. The number of hydrogen-bond donors (Lipinski definition) is 2. The van der Waals surface area contributed by atoms with Crippen LogP contribution in [0.3, 0.4) is 0 Å². The Bertz CT molecular complexity index is 1470. The molecule has 0 aliphatic carbocycles. The Kier molecular flexibility index (Phi) is 6.39. The van der Waals surface area contributed by atoms with E-state index in [1.165, 1.54) is 6.08 Å². The van der Waals surface area contributed by atoms with Crippen LogP contribution in [0.2, 0.25) is 5.02 Å². The number of halogens is 1. The van der Waals surface area contributed by atoms with Crippen LogP contribution < -0.4 is 11.1 Å². The number of anilines is 2. The zero-order valence-electron chi connectivity index (χ0n) is 19.4. The number of benzene rings is 1. The normalized spacial score (nSPS) is 15.6. The molecule has 0 radical (unpaired) electrons. The number of carbonyl (C=O) groups excluding carboxylic acids is 2. The molecule has 1 saturated heterocycles. The Morgan fingerprint density at radius 1 is 1.17 bits per heavy atom. The van der Waals surface area contributed by atoms with Gasteiger partial charge in [0.25, 0.3) is 5.91 Å². The van der Waals surface area contributed by atoms with Gasteiger partial charge in [-0.2, -0.15) is 5.10 Å². The number of hydrogen-bond acceptors (Lipinski definition) is 6. The van der Waals surface area contributed by atoms with Gasteiger partial charge in [-0.25, -0.2) is 9.97 Å². The molecule has 9 nitrogen and oxygen atoms in total. The lowest BCUT2D eigenvalue weighted by atomic mass is 10.0. The number of rotatable bonds is 5. The SMILES string of the molecule is C=CC(=O)N1CCC[C@@H](n2nc(-c3ccc(C(=O)Nc4ccccn4)cc3Cl)c3c(N)nccc32)C1. The van der Waals surface area contributed by atoms with Crippen molar-refractivity contribution in [2.75, 3.05) is 24.1 Å². The summed E-state index contributed by atoms with van der Waals surface area (Å²) in [6, 6.07) is 12.1. The van der Waals surface area contributed by atoms with E-state index in [4.69, 9.17) is 22.4 Å². The molecule has 3 aromatic heterocycles. The van der Waals surface area contributed by atoms with Crippen LogP contribution >= 0.6 is 11.6 Å². The molecule has 0 bridgehead atoms. The van der Waals surface area contributed by atoms with Crippen LogP contribution in [-0.2, 0) is 4.79 Å². The monoisotopic (exact) mass is 501 g/mol. The first-order valence-corrected chi connectivity index (χ1v) is 11.9. The largest absolute Gasteiger partial charge is 0.383 e. The third kappa shape index (κ3) is 4.40. The van der Waals surface area contributed by atoms with Crippen LogP contribution in [-0.4, -0.2) is 49.6 Å². The Morgan fingerprint density at radius 3 is 2.78 bits per heavy atom. The van der Waals surface area contributed by atoms with E-state index in [-0.39, 0.29) is 17.9 Å². The van der Waals surface area contributed by atoms with Gasteiger partial charge in [-0.3, -0.25) is 14.3 Å². The average Bonchev–Trinajstić information content (AvgIpc) is 3.29. The molecule has 0 spiro atoms. The molecule has 0 saturated carbocycles. The summed E-state index contributed by atoms with van der Waals surface area (Å²) in [6.45, 7) is 4.81. The molecule has 1 fully saturated rings. The number of likely N-dealkylation sites (tertiary alicyclic amines) is 1. The van der Waals surface area contributed by atoms with E-state index in [0.29, 0.717) is 52.0 Å². The highest BCUT2D eigenvalue weighted by molar-refractivity contribution is 6.34. The lowest BCUT2D eigenvalue weighted by molar-refractivity contribution is -0.127. The molecule has 1 aromatic carbocycles. The summed E-state index contributed by atoms with van der Waals surface area (Å²) in [6.07, 6.45) is 6.29. The summed E-state index contributed by atoms with van der Waals surface area (Å²) in [5.74, 6) is 0.354. The Labute approximate surface area is 212 Å². The van der Waals surface area contributed by atoms with E-state index in [0.717, 1.165) is 18.4 Å². The van der Waals surface area contributed by atoms with Gasteiger partial charge in [0.2, 0.25) is 5.91 Å². The standard InChI is InChI=1S/C26H24ClN7O2/c1-2-22(35)33-13-5-6-17(15-33)34-20-10-12-30-25(28)23(20)24(32-34)18-9-8-16(14-19(18)27)26(36)31-21-7-3-4-11-29-21/h2-4,7-12,14,17H,1,5-6,13,15H2,(H2,28,30)(H,29,31,36)/t17-/m1/s1. The maximum absolute atomic E-state index is 12.7. The number of nitrogens with zero attached hydrogens (tertiary/aromatic N) is 5. The first-order valence-electron chi connectivity index (χ1n) is 11.5. The Balaban J connectivity index is 1.52. The van der Waals surface area contributed by atoms with Gasteiger partial charge in [0.1, 0.15) is 17.3 Å². The molecular weight excluding hydrogens is 478 g/mol. The summed E-state index contributed by atoms with van der Waals surface area (Å²) in [5.41, 5.74) is 8.69. The van der Waals surface area contributed by atoms with Crippen molar-refractivity contribution in [2.24, 2.45) is 0 Å². The van der Waals surface area contributed by atoms with Crippen molar-refractivity contribution in [1.82, 2.24) is 24.6 Å². The minimum absolute atomic E-state index is 0.0390. The van der Waals surface area contributed by atoms with E-state index < -0.39 is 0 Å². The van der Waals surface area contributed by atoms with Gasteiger partial charge < -0.3 is 16.0 Å². The quantitative estimate of drug-likeness (QED) is 0.393. The smallest absolute Gasteiger partial charge is 0.256 e. The molecule has 0 unspecified atom stereocenters. The van der Waals surface area contributed by atoms with Crippen molar-refractivity contribution in [3.05, 3.63) is 78.1 Å². The number of nitrogens with one attached hydrogen (secondary N) is 1. The van der Waals surface area contributed by atoms with E-state index in [1.54, 1.807) is 53.7 Å². The zero-order chi connectivity index (χ0) is 25.2. The average molecular weight is 502 g/mol. The highest BCUT2D eigenvalue weighted by Gasteiger charge is 2.28. The number of nitrogens with two attached hydrogens (primary N) is 1. The number of amides is 2. The van der Waals surface area contributed by atoms with Crippen molar-refractivity contribution in [3.63, 3.8) is 0 Å². The molecule has 10 heteroatoms. The lowest BCUT2D eigenvalue weighted by Gasteiger charge is -2.32. The lowest BCUT2D eigenvalue weighted by Crippen LogP contribution is -2.40. The minimum Gasteiger partial charge on any atom is -0.383 e. The van der Waals surface area contributed by atoms with Crippen molar-refractivity contribution < 1.29 is 9.59 Å². The molecule has 3 N–H and O–H groups in total. The number of nitrogen functional groups attached to an aromatic ring is 1. The van der Waals surface area contributed by atoms with E-state index in [9.17, 15) is 9.59 Å². The van der Waals surface area contributed by atoms with Gasteiger partial charge in [0.15, 0.2) is 0 Å². The summed E-state index contributed by atoms with van der Waals surface area (Å²) in [5, 5.41) is 8.69. The fourth-order valence-corrected chi connectivity index (χ4v) is 4.81. The molecule has 1 atom stereocenters. The van der Waals surface area contributed by atoms with Gasteiger partial charge in [-0.15, -0.1) is 0 Å². The number of pyridine rings is 2. The number of fused-ring (bicyclic) bond motifs is 1. The van der Waals surface area contributed by atoms with E-state index in [2.05, 4.69) is 21.9 Å². The maximum atomic E-state index is 12.7. The summed E-state index contributed by atoms with van der Waals surface area (Å²) < 4.78 is 1.91. The predicted molar refractivity (Wildman–Crippen MR) is 140 cm³/mol. The second-order valence-corrected chi connectivity index (χ2v) is 8.94. The molecule has 1 aliphatic heterocycles. The van der Waals surface area contributed by atoms with Gasteiger partial charge in [-0.1, -0.05) is 30.3 Å². The second-order valence-electron chi connectivity index (χ2n) is 8.53.